The minimum Gasteiger partial charge on any atom is -0.348 e. The zero-order valence-corrected chi connectivity index (χ0v) is 15.1. The second kappa shape index (κ2) is 8.95. The molecule has 2 aromatic rings. The van der Waals surface area contributed by atoms with Crippen molar-refractivity contribution < 1.29 is 9.59 Å². The monoisotopic (exact) mass is 362 g/mol. The lowest BCUT2D eigenvalue weighted by Crippen LogP contribution is -2.35. The summed E-state index contributed by atoms with van der Waals surface area (Å²) >= 11 is 0. The van der Waals surface area contributed by atoms with Crippen molar-refractivity contribution in [2.45, 2.75) is 44.6 Å². The molecule has 0 bridgehead atoms. The molecule has 0 unspecified atom stereocenters. The Morgan fingerprint density at radius 2 is 1.63 bits per heavy atom. The van der Waals surface area contributed by atoms with Crippen molar-refractivity contribution in [3.8, 4) is 6.07 Å². The van der Waals surface area contributed by atoms with Crippen LogP contribution in [0, 0.1) is 11.3 Å². The maximum Gasteiger partial charge on any atom is 0.274 e. The van der Waals surface area contributed by atoms with Gasteiger partial charge in [0.1, 0.15) is 11.4 Å². The lowest BCUT2D eigenvalue weighted by Gasteiger charge is -2.16. The number of pyridine rings is 1. The van der Waals surface area contributed by atoms with E-state index in [9.17, 15) is 9.59 Å². The van der Waals surface area contributed by atoms with E-state index in [4.69, 9.17) is 5.26 Å². The Morgan fingerprint density at radius 1 is 0.963 bits per heavy atom. The van der Waals surface area contributed by atoms with Crippen LogP contribution in [0.1, 0.15) is 65.1 Å². The first-order chi connectivity index (χ1) is 13.2. The maximum atomic E-state index is 12.5. The minimum atomic E-state index is -0.422. The van der Waals surface area contributed by atoms with E-state index in [-0.39, 0.29) is 23.3 Å². The van der Waals surface area contributed by atoms with Gasteiger partial charge in [-0.2, -0.15) is 5.26 Å². The Labute approximate surface area is 158 Å². The van der Waals surface area contributed by atoms with E-state index in [0.29, 0.717) is 11.3 Å². The molecule has 27 heavy (non-hydrogen) atoms. The third kappa shape index (κ3) is 5.14. The number of nitrogens with one attached hydrogen (secondary N) is 2. The SMILES string of the molecule is N#Cc1cccc(NC(=O)c2cccc(C(=O)NC3CCCCCC3)n2)c1. The van der Waals surface area contributed by atoms with Crippen molar-refractivity contribution in [1.29, 1.82) is 5.26 Å². The first kappa shape index (κ1) is 18.6. The van der Waals surface area contributed by atoms with E-state index in [1.807, 2.05) is 6.07 Å². The number of rotatable bonds is 4. The van der Waals surface area contributed by atoms with Crippen LogP contribution in [0.15, 0.2) is 42.5 Å². The second-order valence-corrected chi connectivity index (χ2v) is 6.72. The molecule has 0 radical (unpaired) electrons. The maximum absolute atomic E-state index is 12.5. The number of nitriles is 1. The van der Waals surface area contributed by atoms with Gasteiger partial charge in [0, 0.05) is 11.7 Å². The van der Waals surface area contributed by atoms with E-state index < -0.39 is 5.91 Å². The Morgan fingerprint density at radius 3 is 2.33 bits per heavy atom. The molecule has 0 aliphatic heterocycles. The third-order valence-electron chi connectivity index (χ3n) is 4.65. The lowest BCUT2D eigenvalue weighted by atomic mass is 10.1. The molecule has 1 aliphatic rings. The highest BCUT2D eigenvalue weighted by molar-refractivity contribution is 6.03. The van der Waals surface area contributed by atoms with Crippen LogP contribution in [-0.2, 0) is 0 Å². The van der Waals surface area contributed by atoms with Crippen LogP contribution in [0.5, 0.6) is 0 Å². The number of benzene rings is 1. The normalized spacial score (nSPS) is 14.6. The summed E-state index contributed by atoms with van der Waals surface area (Å²) in [5, 5.41) is 14.7. The summed E-state index contributed by atoms with van der Waals surface area (Å²) in [7, 11) is 0. The molecule has 2 N–H and O–H groups in total. The summed E-state index contributed by atoms with van der Waals surface area (Å²) in [4.78, 5) is 29.1. The summed E-state index contributed by atoms with van der Waals surface area (Å²) in [6, 6.07) is 13.7. The van der Waals surface area contributed by atoms with Crippen molar-refractivity contribution >= 4 is 17.5 Å². The van der Waals surface area contributed by atoms with E-state index >= 15 is 0 Å². The van der Waals surface area contributed by atoms with Gasteiger partial charge in [-0.3, -0.25) is 9.59 Å². The molecule has 6 nitrogen and oxygen atoms in total. The first-order valence-electron chi connectivity index (χ1n) is 9.25. The van der Waals surface area contributed by atoms with Crippen LogP contribution in [0.4, 0.5) is 5.69 Å². The van der Waals surface area contributed by atoms with Crippen LogP contribution in [0.25, 0.3) is 0 Å². The van der Waals surface area contributed by atoms with Crippen molar-refractivity contribution in [2.24, 2.45) is 0 Å². The van der Waals surface area contributed by atoms with Gasteiger partial charge in [-0.15, -0.1) is 0 Å². The highest BCUT2D eigenvalue weighted by Gasteiger charge is 2.18. The van der Waals surface area contributed by atoms with Gasteiger partial charge in [0.05, 0.1) is 11.6 Å². The van der Waals surface area contributed by atoms with E-state index in [2.05, 4.69) is 15.6 Å². The fraction of sp³-hybridized carbons (Fsp3) is 0.333. The van der Waals surface area contributed by atoms with Gasteiger partial charge >= 0.3 is 0 Å². The number of hydrogen-bond acceptors (Lipinski definition) is 4. The van der Waals surface area contributed by atoms with Crippen LogP contribution < -0.4 is 10.6 Å². The van der Waals surface area contributed by atoms with Crippen molar-refractivity contribution in [1.82, 2.24) is 10.3 Å². The Balaban J connectivity index is 1.67. The number of nitrogens with zero attached hydrogens (tertiary/aromatic N) is 2. The van der Waals surface area contributed by atoms with Gasteiger partial charge in [0.25, 0.3) is 11.8 Å². The average molecular weight is 362 g/mol. The van der Waals surface area contributed by atoms with E-state index in [1.165, 1.54) is 12.8 Å². The Hall–Kier alpha value is -3.20. The Kier molecular flexibility index (Phi) is 6.16. The van der Waals surface area contributed by atoms with Crippen molar-refractivity contribution in [2.75, 3.05) is 5.32 Å². The molecule has 1 aliphatic carbocycles. The first-order valence-corrected chi connectivity index (χ1v) is 9.25. The van der Waals surface area contributed by atoms with Gasteiger partial charge in [-0.25, -0.2) is 4.98 Å². The molecule has 6 heteroatoms. The summed E-state index contributed by atoms with van der Waals surface area (Å²) in [6.45, 7) is 0. The molecule has 1 aromatic carbocycles. The van der Waals surface area contributed by atoms with Gasteiger partial charge < -0.3 is 10.6 Å². The molecule has 138 valence electrons. The summed E-state index contributed by atoms with van der Waals surface area (Å²) in [5.41, 5.74) is 1.36. The smallest absolute Gasteiger partial charge is 0.274 e. The number of anilines is 1. The van der Waals surface area contributed by atoms with Gasteiger partial charge in [0.15, 0.2) is 0 Å². The van der Waals surface area contributed by atoms with E-state index in [1.54, 1.807) is 42.5 Å². The number of hydrogen-bond donors (Lipinski definition) is 2. The van der Waals surface area contributed by atoms with E-state index in [0.717, 1.165) is 25.7 Å². The molecule has 0 spiro atoms. The second-order valence-electron chi connectivity index (χ2n) is 6.72. The van der Waals surface area contributed by atoms with Gasteiger partial charge in [-0.1, -0.05) is 37.8 Å². The minimum absolute atomic E-state index is 0.158. The quantitative estimate of drug-likeness (QED) is 0.812. The number of carbonyl (C=O) groups is 2. The molecule has 0 saturated heterocycles. The Bertz CT molecular complexity index is 864. The van der Waals surface area contributed by atoms with Crippen LogP contribution >= 0.6 is 0 Å². The van der Waals surface area contributed by atoms with Crippen molar-refractivity contribution in [3.05, 3.63) is 59.4 Å². The predicted octanol–water partition coefficient (Wildman–Crippen LogP) is 3.66. The fourth-order valence-corrected chi connectivity index (χ4v) is 3.23. The van der Waals surface area contributed by atoms with Crippen LogP contribution in [0.2, 0.25) is 0 Å². The zero-order valence-electron chi connectivity index (χ0n) is 15.1. The molecular formula is C21H22N4O2. The van der Waals surface area contributed by atoms with Gasteiger partial charge in [-0.05, 0) is 43.2 Å². The molecule has 0 atom stereocenters. The molecule has 2 amide bonds. The molecular weight excluding hydrogens is 340 g/mol. The molecule has 1 aromatic heterocycles. The van der Waals surface area contributed by atoms with Crippen LogP contribution in [0.3, 0.4) is 0 Å². The zero-order chi connectivity index (χ0) is 19.1. The average Bonchev–Trinajstić information content (AvgIpc) is 2.97. The molecule has 1 saturated carbocycles. The number of aromatic nitrogens is 1. The van der Waals surface area contributed by atoms with Crippen LogP contribution in [-0.4, -0.2) is 22.8 Å². The third-order valence-corrected chi connectivity index (χ3v) is 4.65. The predicted molar refractivity (Wildman–Crippen MR) is 102 cm³/mol. The number of amides is 2. The largest absolute Gasteiger partial charge is 0.348 e. The molecule has 1 fully saturated rings. The van der Waals surface area contributed by atoms with Gasteiger partial charge in [0.2, 0.25) is 0 Å². The summed E-state index contributed by atoms with van der Waals surface area (Å²) in [5.74, 6) is -0.669. The summed E-state index contributed by atoms with van der Waals surface area (Å²) in [6.07, 6.45) is 6.66. The highest BCUT2D eigenvalue weighted by atomic mass is 16.2. The highest BCUT2D eigenvalue weighted by Crippen LogP contribution is 2.17. The fourth-order valence-electron chi connectivity index (χ4n) is 3.23. The molecule has 1 heterocycles. The molecule has 3 rings (SSSR count). The topological polar surface area (TPSA) is 94.9 Å². The standard InChI is InChI=1S/C21H22N4O2/c22-14-15-7-5-10-17(13-15)24-21(27)19-12-6-11-18(25-19)20(26)23-16-8-3-1-2-4-9-16/h5-7,10-13,16H,1-4,8-9H2,(H,23,26)(H,24,27). The lowest BCUT2D eigenvalue weighted by molar-refractivity contribution is 0.0928. The van der Waals surface area contributed by atoms with Crippen molar-refractivity contribution in [3.63, 3.8) is 0 Å². The number of carbonyl (C=O) groups excluding carboxylic acids is 2. The summed E-state index contributed by atoms with van der Waals surface area (Å²) < 4.78 is 0.